The van der Waals surface area contributed by atoms with E-state index in [0.29, 0.717) is 40.4 Å². The summed E-state index contributed by atoms with van der Waals surface area (Å²) in [7, 11) is -8.30. The molecule has 8 nitrogen and oxygen atoms in total. The molecular weight excluding hydrogens is 742 g/mol. The molecule has 6 aromatic carbocycles. The fraction of sp³-hybridized carbons (Fsp3) is 0.217. The quantitative estimate of drug-likeness (QED) is 0.101. The van der Waals surface area contributed by atoms with Gasteiger partial charge in [-0.3, -0.25) is 0 Å². The summed E-state index contributed by atoms with van der Waals surface area (Å²) in [6, 6.07) is 51.1. The Balaban J connectivity index is 1.08. The van der Waals surface area contributed by atoms with Gasteiger partial charge >= 0.3 is 15.6 Å². The van der Waals surface area contributed by atoms with Gasteiger partial charge in [0.2, 0.25) is 0 Å². The summed E-state index contributed by atoms with van der Waals surface area (Å²) in [5.74, 6) is 3.52. The van der Waals surface area contributed by atoms with Crippen molar-refractivity contribution in [2.24, 2.45) is 11.8 Å². The van der Waals surface area contributed by atoms with E-state index in [1.807, 2.05) is 48.5 Å². The number of rotatable bonds is 14. The lowest BCUT2D eigenvalue weighted by molar-refractivity contribution is 0.125. The molecule has 8 rings (SSSR count). The van der Waals surface area contributed by atoms with Gasteiger partial charge in [0.05, 0.1) is 0 Å². The summed E-state index contributed by atoms with van der Waals surface area (Å²) >= 11 is 0. The average Bonchev–Trinajstić information content (AvgIpc) is 3.22. The Bertz CT molecular complexity index is 2020. The maximum absolute atomic E-state index is 14.2. The highest BCUT2D eigenvalue weighted by Gasteiger charge is 2.44. The van der Waals surface area contributed by atoms with Gasteiger partial charge in [-0.15, -0.1) is 0 Å². The van der Waals surface area contributed by atoms with E-state index in [4.69, 9.17) is 27.1 Å². The van der Waals surface area contributed by atoms with Crippen molar-refractivity contribution in [3.63, 3.8) is 0 Å². The lowest BCUT2D eigenvalue weighted by Gasteiger charge is -2.47. The molecule has 0 saturated heterocycles. The third-order valence-electron chi connectivity index (χ3n) is 10.7. The van der Waals surface area contributed by atoms with Crippen LogP contribution in [0.5, 0.6) is 34.5 Å². The van der Waals surface area contributed by atoms with Crippen molar-refractivity contribution in [3.05, 3.63) is 181 Å². The summed E-state index contributed by atoms with van der Waals surface area (Å²) in [5, 5.41) is 0. The van der Waals surface area contributed by atoms with Crippen LogP contribution in [0.1, 0.15) is 56.1 Å². The molecule has 10 heteroatoms. The third-order valence-corrected chi connectivity index (χ3v) is 13.3. The number of phosphoric ester groups is 2. The van der Waals surface area contributed by atoms with Crippen molar-refractivity contribution in [2.45, 2.75) is 50.4 Å². The number of benzene rings is 6. The van der Waals surface area contributed by atoms with Crippen LogP contribution in [0, 0.1) is 11.8 Å². The van der Waals surface area contributed by atoms with Crippen LogP contribution in [0.4, 0.5) is 0 Å². The van der Waals surface area contributed by atoms with Crippen molar-refractivity contribution in [3.8, 4) is 34.5 Å². The first-order chi connectivity index (χ1) is 27.4. The molecule has 2 aliphatic rings. The van der Waals surface area contributed by atoms with E-state index in [-0.39, 0.29) is 5.41 Å². The average molecular weight is 787 g/mol. The van der Waals surface area contributed by atoms with Crippen molar-refractivity contribution in [1.29, 1.82) is 0 Å². The molecule has 2 fully saturated rings. The molecule has 2 unspecified atom stereocenters. The van der Waals surface area contributed by atoms with Crippen molar-refractivity contribution < 1.29 is 36.3 Å². The SMILES string of the molecule is O=P(Oc1ccccc1)(Oc1ccccc1)Oc1ccc(C2(c3ccc(OP(=O)(Oc4ccccc4)Oc4ccccc4)cc3)CCC3CCCCC3C2)cc1. The first kappa shape index (κ1) is 37.5. The van der Waals surface area contributed by atoms with Gasteiger partial charge in [-0.05, 0) is 115 Å². The van der Waals surface area contributed by atoms with Gasteiger partial charge in [0, 0.05) is 5.41 Å². The second-order valence-electron chi connectivity index (χ2n) is 14.4. The smallest absolute Gasteiger partial charge is 0.386 e. The number of phosphoric acid groups is 2. The molecule has 0 heterocycles. The second-order valence-corrected chi connectivity index (χ2v) is 17.3. The zero-order valence-corrected chi connectivity index (χ0v) is 32.7. The molecule has 0 radical (unpaired) electrons. The monoisotopic (exact) mass is 786 g/mol. The summed E-state index contributed by atoms with van der Waals surface area (Å²) in [6.45, 7) is 0. The Morgan fingerprint density at radius 1 is 0.375 bits per heavy atom. The van der Waals surface area contributed by atoms with Crippen LogP contribution in [-0.4, -0.2) is 0 Å². The van der Waals surface area contributed by atoms with Crippen molar-refractivity contribution >= 4 is 15.6 Å². The maximum atomic E-state index is 14.2. The summed E-state index contributed by atoms with van der Waals surface area (Å²) in [6.07, 6.45) is 8.10. The molecule has 0 N–H and O–H groups in total. The molecule has 2 saturated carbocycles. The zero-order chi connectivity index (χ0) is 38.3. The fourth-order valence-corrected chi connectivity index (χ4v) is 10.6. The Hall–Kier alpha value is -5.42. The van der Waals surface area contributed by atoms with Gasteiger partial charge < -0.3 is 27.1 Å². The van der Waals surface area contributed by atoms with E-state index in [2.05, 4.69) is 24.3 Å². The molecular formula is C46H44O8P2. The summed E-state index contributed by atoms with van der Waals surface area (Å²) < 4.78 is 64.0. The molecule has 56 heavy (non-hydrogen) atoms. The predicted octanol–water partition coefficient (Wildman–Crippen LogP) is 13.3. The predicted molar refractivity (Wildman–Crippen MR) is 218 cm³/mol. The van der Waals surface area contributed by atoms with E-state index in [1.54, 1.807) is 97.1 Å². The minimum absolute atomic E-state index is 0.300. The number of para-hydroxylation sites is 4. The van der Waals surface area contributed by atoms with Crippen molar-refractivity contribution in [1.82, 2.24) is 0 Å². The van der Waals surface area contributed by atoms with Gasteiger partial charge in [0.25, 0.3) is 0 Å². The number of fused-ring (bicyclic) bond motifs is 1. The third kappa shape index (κ3) is 8.99. The van der Waals surface area contributed by atoms with Gasteiger partial charge in [-0.2, -0.15) is 9.13 Å². The summed E-state index contributed by atoms with van der Waals surface area (Å²) in [4.78, 5) is 0. The molecule has 2 aliphatic carbocycles. The topological polar surface area (TPSA) is 89.5 Å². The van der Waals surface area contributed by atoms with E-state index in [9.17, 15) is 9.13 Å². The first-order valence-electron chi connectivity index (χ1n) is 19.1. The summed E-state index contributed by atoms with van der Waals surface area (Å²) in [5.41, 5.74) is 1.97. The van der Waals surface area contributed by atoms with E-state index in [1.165, 1.54) is 25.7 Å². The van der Waals surface area contributed by atoms with Gasteiger partial charge in [0.1, 0.15) is 34.5 Å². The van der Waals surface area contributed by atoms with Crippen LogP contribution >= 0.6 is 15.6 Å². The molecule has 0 amide bonds. The highest BCUT2D eigenvalue weighted by Crippen LogP contribution is 2.55. The largest absolute Gasteiger partial charge is 0.647 e. The van der Waals surface area contributed by atoms with Gasteiger partial charge in [-0.25, -0.2) is 0 Å². The minimum Gasteiger partial charge on any atom is -0.386 e. The molecule has 0 bridgehead atoms. The Morgan fingerprint density at radius 2 is 0.679 bits per heavy atom. The maximum Gasteiger partial charge on any atom is 0.647 e. The highest BCUT2D eigenvalue weighted by atomic mass is 31.2. The zero-order valence-electron chi connectivity index (χ0n) is 30.9. The minimum atomic E-state index is -4.15. The van der Waals surface area contributed by atoms with Crippen LogP contribution in [-0.2, 0) is 14.5 Å². The number of hydrogen-bond donors (Lipinski definition) is 0. The second kappa shape index (κ2) is 16.8. The Kier molecular flexibility index (Phi) is 11.2. The van der Waals surface area contributed by atoms with Crippen LogP contribution in [0.3, 0.4) is 0 Å². The van der Waals surface area contributed by atoms with Crippen LogP contribution in [0.2, 0.25) is 0 Å². The molecule has 0 aliphatic heterocycles. The molecule has 0 spiro atoms. The van der Waals surface area contributed by atoms with E-state index < -0.39 is 15.6 Å². The van der Waals surface area contributed by atoms with E-state index >= 15 is 0 Å². The standard InChI is InChI=1S/C46H44O8P2/c47-55(49-40-17-5-1-6-18-40,50-41-19-7-2-8-20-41)53-44-29-25-38(26-30-44)46(34-33-36-15-13-14-16-37(36)35-46)39-27-31-45(32-28-39)54-56(48,51-42-21-9-3-10-22-42)52-43-23-11-4-12-24-43/h1-12,17-32,36-37H,13-16,33-35H2. The molecule has 6 aromatic rings. The molecule has 0 aromatic heterocycles. The lowest BCUT2D eigenvalue weighted by atomic mass is 9.57. The van der Waals surface area contributed by atoms with Crippen LogP contribution in [0.25, 0.3) is 0 Å². The first-order valence-corrected chi connectivity index (χ1v) is 22.1. The van der Waals surface area contributed by atoms with E-state index in [0.717, 1.165) is 36.3 Å². The van der Waals surface area contributed by atoms with Crippen LogP contribution in [0.15, 0.2) is 170 Å². The Labute approximate surface area is 328 Å². The van der Waals surface area contributed by atoms with Crippen LogP contribution < -0.4 is 27.1 Å². The number of hydrogen-bond acceptors (Lipinski definition) is 8. The van der Waals surface area contributed by atoms with Gasteiger partial charge in [0.15, 0.2) is 0 Å². The molecule has 286 valence electrons. The molecule has 2 atom stereocenters. The van der Waals surface area contributed by atoms with Crippen molar-refractivity contribution in [2.75, 3.05) is 0 Å². The fourth-order valence-electron chi connectivity index (χ4n) is 8.09. The Morgan fingerprint density at radius 3 is 1.02 bits per heavy atom. The van der Waals surface area contributed by atoms with Gasteiger partial charge in [-0.1, -0.05) is 123 Å². The normalized spacial score (nSPS) is 17.8. The lowest BCUT2D eigenvalue weighted by Crippen LogP contribution is -2.39. The highest BCUT2D eigenvalue weighted by molar-refractivity contribution is 7.50.